The van der Waals surface area contributed by atoms with Gasteiger partial charge in [-0.15, -0.1) is 0 Å². The number of nitrogens with zero attached hydrogens (tertiary/aromatic N) is 6. The van der Waals surface area contributed by atoms with Gasteiger partial charge in [0.2, 0.25) is 0 Å². The number of rotatable bonds is 6. The average Bonchev–Trinajstić information content (AvgIpc) is 3.28. The molecule has 2 aliphatic rings. The van der Waals surface area contributed by atoms with E-state index >= 15 is 0 Å². The summed E-state index contributed by atoms with van der Waals surface area (Å²) < 4.78 is 6.61. The smallest absolute Gasteiger partial charge is 0.262 e. The third-order valence-electron chi connectivity index (χ3n) is 7.50. The average molecular weight is 535 g/mol. The monoisotopic (exact) mass is 534 g/mol. The Hall–Kier alpha value is -3.01. The summed E-state index contributed by atoms with van der Waals surface area (Å²) in [6.07, 6.45) is 11.5. The van der Waals surface area contributed by atoms with Gasteiger partial charge >= 0.3 is 0 Å². The van der Waals surface area contributed by atoms with Crippen LogP contribution in [0, 0.1) is 5.41 Å². The van der Waals surface area contributed by atoms with Crippen LogP contribution in [0.2, 0.25) is 5.02 Å². The van der Waals surface area contributed by atoms with Crippen molar-refractivity contribution in [2.75, 3.05) is 31.7 Å². The first kappa shape index (κ1) is 24.3. The Kier molecular flexibility index (Phi) is 6.60. The van der Waals surface area contributed by atoms with Crippen LogP contribution in [0.1, 0.15) is 24.1 Å². The molecule has 0 atom stereocenters. The van der Waals surface area contributed by atoms with Crippen LogP contribution in [-0.2, 0) is 24.1 Å². The molecule has 1 aliphatic heterocycles. The second kappa shape index (κ2) is 10.0. The minimum atomic E-state index is -0.181. The molecule has 0 saturated carbocycles. The van der Waals surface area contributed by atoms with Gasteiger partial charge in [0.25, 0.3) is 5.56 Å². The molecular formula is C27H27ClN6O2S. The third-order valence-corrected chi connectivity index (χ3v) is 8.99. The molecule has 0 unspecified atom stereocenters. The molecule has 0 amide bonds. The lowest BCUT2D eigenvalue weighted by molar-refractivity contribution is 0.186. The number of methoxy groups -OCH3 is 1. The SMILES string of the molecule is COCCn1cnc2ccc(Sc3cnc(N4CCC5(CC4)Cc4cccnc4C5)cn3)c(Cl)c2c1=O. The van der Waals surface area contributed by atoms with Crippen molar-refractivity contribution >= 4 is 40.1 Å². The van der Waals surface area contributed by atoms with Gasteiger partial charge in [0, 0.05) is 37.0 Å². The summed E-state index contributed by atoms with van der Waals surface area (Å²) in [4.78, 5) is 34.4. The number of ether oxygens (including phenoxy) is 1. The maximum atomic E-state index is 13.0. The highest BCUT2D eigenvalue weighted by atomic mass is 35.5. The number of piperidine rings is 1. The number of aromatic nitrogens is 5. The summed E-state index contributed by atoms with van der Waals surface area (Å²) >= 11 is 8.08. The minimum Gasteiger partial charge on any atom is -0.383 e. The summed E-state index contributed by atoms with van der Waals surface area (Å²) in [6, 6.07) is 7.95. The fraction of sp³-hybridized carbons (Fsp3) is 0.370. The Bertz CT molecular complexity index is 1470. The lowest BCUT2D eigenvalue weighted by Crippen LogP contribution is -2.41. The van der Waals surface area contributed by atoms with E-state index in [9.17, 15) is 4.79 Å². The van der Waals surface area contributed by atoms with Crippen LogP contribution in [0.3, 0.4) is 0 Å². The van der Waals surface area contributed by atoms with Crippen LogP contribution in [0.4, 0.5) is 5.82 Å². The van der Waals surface area contributed by atoms with Gasteiger partial charge in [-0.05, 0) is 54.9 Å². The summed E-state index contributed by atoms with van der Waals surface area (Å²) in [7, 11) is 1.60. The summed E-state index contributed by atoms with van der Waals surface area (Å²) in [6.45, 7) is 2.77. The summed E-state index contributed by atoms with van der Waals surface area (Å²) in [5.74, 6) is 0.891. The van der Waals surface area contributed by atoms with E-state index in [0.717, 1.165) is 54.5 Å². The van der Waals surface area contributed by atoms with Gasteiger partial charge < -0.3 is 9.64 Å². The molecule has 1 spiro atoms. The quantitative estimate of drug-likeness (QED) is 0.359. The van der Waals surface area contributed by atoms with Crippen molar-refractivity contribution in [3.63, 3.8) is 0 Å². The molecular weight excluding hydrogens is 508 g/mol. The zero-order chi connectivity index (χ0) is 25.4. The first-order chi connectivity index (χ1) is 18.0. The first-order valence-corrected chi connectivity index (χ1v) is 13.6. The van der Waals surface area contributed by atoms with Crippen molar-refractivity contribution in [2.24, 2.45) is 5.41 Å². The van der Waals surface area contributed by atoms with Crippen molar-refractivity contribution in [2.45, 2.75) is 42.1 Å². The van der Waals surface area contributed by atoms with Crippen LogP contribution in [0.15, 0.2) is 63.9 Å². The largest absolute Gasteiger partial charge is 0.383 e. The maximum absolute atomic E-state index is 13.0. The van der Waals surface area contributed by atoms with E-state index in [2.05, 4.69) is 25.9 Å². The van der Waals surface area contributed by atoms with Gasteiger partial charge in [0.05, 0.1) is 47.8 Å². The van der Waals surface area contributed by atoms with Gasteiger partial charge in [-0.2, -0.15) is 0 Å². The molecule has 4 aromatic rings. The summed E-state index contributed by atoms with van der Waals surface area (Å²) in [5, 5.41) is 1.51. The van der Waals surface area contributed by atoms with Gasteiger partial charge in [0.1, 0.15) is 10.8 Å². The number of pyridine rings is 1. The molecule has 37 heavy (non-hydrogen) atoms. The Morgan fingerprint density at radius 2 is 1.95 bits per heavy atom. The van der Waals surface area contributed by atoms with Crippen LogP contribution < -0.4 is 10.5 Å². The van der Waals surface area contributed by atoms with Crippen molar-refractivity contribution in [3.05, 3.63) is 75.8 Å². The highest BCUT2D eigenvalue weighted by Crippen LogP contribution is 2.44. The fourth-order valence-corrected chi connectivity index (χ4v) is 6.55. The zero-order valence-electron chi connectivity index (χ0n) is 20.6. The molecule has 4 heterocycles. The van der Waals surface area contributed by atoms with Crippen molar-refractivity contribution in [3.8, 4) is 0 Å². The van der Waals surface area contributed by atoms with Crippen LogP contribution in [0.5, 0.6) is 0 Å². The summed E-state index contributed by atoms with van der Waals surface area (Å²) in [5.41, 5.74) is 3.40. The molecule has 1 saturated heterocycles. The third kappa shape index (κ3) is 4.71. The number of benzene rings is 1. The number of hydrogen-bond donors (Lipinski definition) is 0. The molecule has 3 aromatic heterocycles. The Balaban J connectivity index is 1.15. The Morgan fingerprint density at radius 1 is 1.08 bits per heavy atom. The Labute approximate surface area is 224 Å². The van der Waals surface area contributed by atoms with Crippen LogP contribution in [-0.4, -0.2) is 51.3 Å². The molecule has 6 rings (SSSR count). The standard InChI is InChI=1S/C27H27ClN6O2S/c1-36-12-11-34-17-32-19-4-5-21(25(28)24(19)26(34)35)37-23-16-30-22(15-31-23)33-9-6-27(7-10-33)13-18-3-2-8-29-20(18)14-27/h2-5,8,15-17H,6-7,9-14H2,1H3. The van der Waals surface area contributed by atoms with Crippen molar-refractivity contribution in [1.82, 2.24) is 24.5 Å². The molecule has 1 aromatic carbocycles. The molecule has 0 bridgehead atoms. The second-order valence-electron chi connectivity index (χ2n) is 9.77. The first-order valence-electron chi connectivity index (χ1n) is 12.4. The molecule has 190 valence electrons. The Morgan fingerprint density at radius 3 is 2.70 bits per heavy atom. The molecule has 1 fully saturated rings. The minimum absolute atomic E-state index is 0.181. The van der Waals surface area contributed by atoms with Crippen LogP contribution in [0.25, 0.3) is 10.9 Å². The van der Waals surface area contributed by atoms with Gasteiger partial charge in [-0.1, -0.05) is 29.4 Å². The van der Waals surface area contributed by atoms with E-state index in [0.29, 0.717) is 34.5 Å². The van der Waals surface area contributed by atoms with Gasteiger partial charge in [-0.25, -0.2) is 15.0 Å². The molecule has 1 aliphatic carbocycles. The predicted molar refractivity (Wildman–Crippen MR) is 145 cm³/mol. The number of anilines is 1. The predicted octanol–water partition coefficient (Wildman–Crippen LogP) is 4.42. The maximum Gasteiger partial charge on any atom is 0.262 e. The van der Waals surface area contributed by atoms with E-state index in [1.54, 1.807) is 13.3 Å². The van der Waals surface area contributed by atoms with Crippen molar-refractivity contribution < 1.29 is 4.74 Å². The number of hydrogen-bond acceptors (Lipinski definition) is 8. The molecule has 0 N–H and O–H groups in total. The second-order valence-corrected chi connectivity index (χ2v) is 11.2. The fourth-order valence-electron chi connectivity index (χ4n) is 5.43. The molecule has 8 nitrogen and oxygen atoms in total. The zero-order valence-corrected chi connectivity index (χ0v) is 22.1. The lowest BCUT2D eigenvalue weighted by Gasteiger charge is -2.39. The normalized spacial score (nSPS) is 16.4. The van der Waals surface area contributed by atoms with Gasteiger partial charge in [0.15, 0.2) is 0 Å². The molecule has 0 radical (unpaired) electrons. The topological polar surface area (TPSA) is 86.0 Å². The van der Waals surface area contributed by atoms with Gasteiger partial charge in [-0.3, -0.25) is 14.3 Å². The van der Waals surface area contributed by atoms with E-state index in [4.69, 9.17) is 21.3 Å². The van der Waals surface area contributed by atoms with Crippen LogP contribution >= 0.6 is 23.4 Å². The van der Waals surface area contributed by atoms with E-state index in [1.807, 2.05) is 30.6 Å². The molecule has 10 heteroatoms. The number of halogens is 1. The number of fused-ring (bicyclic) bond motifs is 2. The van der Waals surface area contributed by atoms with E-state index < -0.39 is 0 Å². The van der Waals surface area contributed by atoms with Crippen molar-refractivity contribution in [1.29, 1.82) is 0 Å². The van der Waals surface area contributed by atoms with E-state index in [-0.39, 0.29) is 5.56 Å². The highest BCUT2D eigenvalue weighted by Gasteiger charge is 2.40. The highest BCUT2D eigenvalue weighted by molar-refractivity contribution is 7.99. The van der Waals surface area contributed by atoms with E-state index in [1.165, 1.54) is 33.9 Å². The lowest BCUT2D eigenvalue weighted by atomic mass is 9.76.